The number of nitrogens with one attached hydrogen (secondary N) is 2. The molecule has 6 nitrogen and oxygen atoms in total. The number of aromatic nitrogens is 2. The fourth-order valence-corrected chi connectivity index (χ4v) is 3.55. The molecule has 2 N–H and O–H groups in total. The summed E-state index contributed by atoms with van der Waals surface area (Å²) in [6, 6.07) is 17.5. The van der Waals surface area contributed by atoms with Crippen molar-refractivity contribution in [2.75, 3.05) is 18.4 Å². The lowest BCUT2D eigenvalue weighted by Crippen LogP contribution is -2.28. The van der Waals surface area contributed by atoms with E-state index in [1.54, 1.807) is 4.68 Å². The lowest BCUT2D eigenvalue weighted by atomic mass is 9.90. The van der Waals surface area contributed by atoms with Crippen LogP contribution < -0.4 is 15.4 Å². The number of carbonyl (C=O) groups is 1. The van der Waals surface area contributed by atoms with Gasteiger partial charge in [-0.3, -0.25) is 9.48 Å². The van der Waals surface area contributed by atoms with Crippen LogP contribution >= 0.6 is 0 Å². The highest BCUT2D eigenvalue weighted by Crippen LogP contribution is 2.29. The third-order valence-corrected chi connectivity index (χ3v) is 5.07. The normalized spacial score (nSPS) is 18.8. The molecule has 1 fully saturated rings. The molecule has 0 aliphatic carbocycles. The van der Waals surface area contributed by atoms with Crippen LogP contribution in [-0.4, -0.2) is 28.8 Å². The highest BCUT2D eigenvalue weighted by molar-refractivity contribution is 5.93. The van der Waals surface area contributed by atoms with Gasteiger partial charge in [0, 0.05) is 37.9 Å². The van der Waals surface area contributed by atoms with Gasteiger partial charge in [-0.15, -0.1) is 0 Å². The van der Waals surface area contributed by atoms with Gasteiger partial charge in [-0.05, 0) is 35.4 Å². The molecule has 0 spiro atoms. The largest absolute Gasteiger partial charge is 0.489 e. The Kier molecular flexibility index (Phi) is 5.39. The van der Waals surface area contributed by atoms with E-state index in [2.05, 4.69) is 15.7 Å². The van der Waals surface area contributed by atoms with E-state index in [9.17, 15) is 4.79 Å². The standard InChI is InChI=1S/C22H24N4O2/c1-26-14-17(11-24-26)20-12-23-13-21(20)22(27)25-18-7-9-19(10-8-18)28-15-16-5-3-2-4-6-16/h2-11,14,20-21,23H,12-13,15H2,1H3,(H,25,27)/t20-,21+/m1/s1. The molecule has 6 heteroatoms. The summed E-state index contributed by atoms with van der Waals surface area (Å²) in [7, 11) is 1.89. The summed E-state index contributed by atoms with van der Waals surface area (Å²) in [5.41, 5.74) is 2.99. The van der Waals surface area contributed by atoms with Crippen molar-refractivity contribution >= 4 is 11.6 Å². The Bertz CT molecular complexity index is 921. The molecular weight excluding hydrogens is 352 g/mol. The highest BCUT2D eigenvalue weighted by atomic mass is 16.5. The summed E-state index contributed by atoms with van der Waals surface area (Å²) in [6.07, 6.45) is 3.83. The van der Waals surface area contributed by atoms with Crippen LogP contribution in [0.2, 0.25) is 0 Å². The van der Waals surface area contributed by atoms with Gasteiger partial charge in [-0.2, -0.15) is 5.10 Å². The summed E-state index contributed by atoms with van der Waals surface area (Å²) >= 11 is 0. The summed E-state index contributed by atoms with van der Waals surface area (Å²) in [5, 5.41) is 10.6. The maximum Gasteiger partial charge on any atom is 0.229 e. The van der Waals surface area contributed by atoms with Gasteiger partial charge < -0.3 is 15.4 Å². The minimum absolute atomic E-state index is 0.0248. The van der Waals surface area contributed by atoms with E-state index in [-0.39, 0.29) is 17.7 Å². The number of nitrogens with zero attached hydrogens (tertiary/aromatic N) is 2. The second-order valence-corrected chi connectivity index (χ2v) is 7.11. The van der Waals surface area contributed by atoms with Crippen molar-refractivity contribution in [2.24, 2.45) is 13.0 Å². The molecule has 0 unspecified atom stereocenters. The van der Waals surface area contributed by atoms with Crippen molar-refractivity contribution in [1.29, 1.82) is 0 Å². The summed E-state index contributed by atoms with van der Waals surface area (Å²) in [6.45, 7) is 1.98. The molecule has 1 saturated heterocycles. The van der Waals surface area contributed by atoms with E-state index in [1.165, 1.54) is 0 Å². The number of rotatable bonds is 6. The van der Waals surface area contributed by atoms with Crippen molar-refractivity contribution in [2.45, 2.75) is 12.5 Å². The van der Waals surface area contributed by atoms with E-state index in [1.807, 2.05) is 74.0 Å². The first-order valence-corrected chi connectivity index (χ1v) is 9.46. The van der Waals surface area contributed by atoms with Gasteiger partial charge in [0.1, 0.15) is 12.4 Å². The Hall–Kier alpha value is -3.12. The Labute approximate surface area is 164 Å². The van der Waals surface area contributed by atoms with Crippen LogP contribution in [0, 0.1) is 5.92 Å². The molecule has 3 aromatic rings. The molecule has 1 aliphatic rings. The maximum absolute atomic E-state index is 12.8. The first-order valence-electron chi connectivity index (χ1n) is 9.46. The molecule has 2 atom stereocenters. The predicted octanol–water partition coefficient (Wildman–Crippen LogP) is 2.94. The average molecular weight is 376 g/mol. The van der Waals surface area contributed by atoms with Crippen LogP contribution in [0.1, 0.15) is 17.0 Å². The molecule has 28 heavy (non-hydrogen) atoms. The van der Waals surface area contributed by atoms with Gasteiger partial charge in [0.25, 0.3) is 0 Å². The molecule has 2 heterocycles. The quantitative estimate of drug-likeness (QED) is 0.694. The van der Waals surface area contributed by atoms with Gasteiger partial charge in [0.2, 0.25) is 5.91 Å². The van der Waals surface area contributed by atoms with E-state index < -0.39 is 0 Å². The van der Waals surface area contributed by atoms with Gasteiger partial charge in [-0.1, -0.05) is 30.3 Å². The van der Waals surface area contributed by atoms with Crippen molar-refractivity contribution in [1.82, 2.24) is 15.1 Å². The Balaban J connectivity index is 1.35. The zero-order valence-electron chi connectivity index (χ0n) is 15.8. The zero-order valence-corrected chi connectivity index (χ0v) is 15.8. The molecule has 1 aromatic heterocycles. The van der Waals surface area contributed by atoms with Crippen LogP contribution in [0.3, 0.4) is 0 Å². The summed E-state index contributed by atoms with van der Waals surface area (Å²) in [4.78, 5) is 12.8. The van der Waals surface area contributed by atoms with Crippen molar-refractivity contribution in [3.05, 3.63) is 78.1 Å². The fraction of sp³-hybridized carbons (Fsp3) is 0.273. The molecule has 4 rings (SSSR count). The fourth-order valence-electron chi connectivity index (χ4n) is 3.55. The maximum atomic E-state index is 12.8. The Morgan fingerprint density at radius 3 is 2.68 bits per heavy atom. The molecule has 2 aromatic carbocycles. The monoisotopic (exact) mass is 376 g/mol. The lowest BCUT2D eigenvalue weighted by molar-refractivity contribution is -0.119. The van der Waals surface area contributed by atoms with E-state index >= 15 is 0 Å². The van der Waals surface area contributed by atoms with Crippen LogP contribution in [0.15, 0.2) is 67.0 Å². The van der Waals surface area contributed by atoms with Crippen molar-refractivity contribution in [3.63, 3.8) is 0 Å². The molecule has 0 saturated carbocycles. The summed E-state index contributed by atoms with van der Waals surface area (Å²) in [5.74, 6) is 0.829. The van der Waals surface area contributed by atoms with E-state index in [4.69, 9.17) is 4.74 Å². The first kappa shape index (κ1) is 18.3. The molecule has 1 aliphatic heterocycles. The third-order valence-electron chi connectivity index (χ3n) is 5.07. The van der Waals surface area contributed by atoms with Gasteiger partial charge >= 0.3 is 0 Å². The van der Waals surface area contributed by atoms with Crippen LogP contribution in [0.25, 0.3) is 0 Å². The van der Waals surface area contributed by atoms with Crippen molar-refractivity contribution in [3.8, 4) is 5.75 Å². The molecule has 0 radical (unpaired) electrons. The number of amides is 1. The second-order valence-electron chi connectivity index (χ2n) is 7.11. The summed E-state index contributed by atoms with van der Waals surface area (Å²) < 4.78 is 7.57. The van der Waals surface area contributed by atoms with Gasteiger partial charge in [-0.25, -0.2) is 0 Å². The van der Waals surface area contributed by atoms with Crippen molar-refractivity contribution < 1.29 is 9.53 Å². The number of ether oxygens (including phenoxy) is 1. The van der Waals surface area contributed by atoms with E-state index in [0.29, 0.717) is 13.2 Å². The topological polar surface area (TPSA) is 68.2 Å². The minimum atomic E-state index is -0.113. The van der Waals surface area contributed by atoms with Gasteiger partial charge in [0.05, 0.1) is 12.1 Å². The molecule has 0 bridgehead atoms. The highest BCUT2D eigenvalue weighted by Gasteiger charge is 2.34. The van der Waals surface area contributed by atoms with E-state index in [0.717, 1.165) is 29.1 Å². The number of benzene rings is 2. The van der Waals surface area contributed by atoms with Crippen LogP contribution in [0.5, 0.6) is 5.75 Å². The molecule has 1 amide bonds. The number of aryl methyl sites for hydroxylation is 1. The minimum Gasteiger partial charge on any atom is -0.489 e. The zero-order chi connectivity index (χ0) is 19.3. The predicted molar refractivity (Wildman–Crippen MR) is 108 cm³/mol. The van der Waals surface area contributed by atoms with Gasteiger partial charge in [0.15, 0.2) is 0 Å². The lowest BCUT2D eigenvalue weighted by Gasteiger charge is -2.17. The average Bonchev–Trinajstić information content (AvgIpc) is 3.37. The number of hydrogen-bond donors (Lipinski definition) is 2. The molecular formula is C22H24N4O2. The second kappa shape index (κ2) is 8.27. The smallest absolute Gasteiger partial charge is 0.229 e. The number of carbonyl (C=O) groups excluding carboxylic acids is 1. The van der Waals surface area contributed by atoms with Crippen LogP contribution in [0.4, 0.5) is 5.69 Å². The SMILES string of the molecule is Cn1cc([C@H]2CNC[C@@H]2C(=O)Nc2ccc(OCc3ccccc3)cc2)cn1. The first-order chi connectivity index (χ1) is 13.7. The number of hydrogen-bond acceptors (Lipinski definition) is 4. The Morgan fingerprint density at radius 2 is 1.96 bits per heavy atom. The van der Waals surface area contributed by atoms with Crippen LogP contribution in [-0.2, 0) is 18.4 Å². The number of anilines is 1. The third kappa shape index (κ3) is 4.23. The molecule has 144 valence electrons. The Morgan fingerprint density at radius 1 is 1.18 bits per heavy atom.